The summed E-state index contributed by atoms with van der Waals surface area (Å²) in [6, 6.07) is 16.2. The number of nitrogens with zero attached hydrogens (tertiary/aromatic N) is 2. The fourth-order valence-electron chi connectivity index (χ4n) is 2.88. The number of benzene rings is 2. The molecule has 2 heterocycles. The first-order valence-electron chi connectivity index (χ1n) is 7.53. The van der Waals surface area contributed by atoms with Crippen LogP contribution in [0.15, 0.2) is 48.5 Å². The van der Waals surface area contributed by atoms with Gasteiger partial charge in [-0.15, -0.1) is 0 Å². The van der Waals surface area contributed by atoms with Crippen LogP contribution in [0, 0.1) is 6.92 Å². The smallest absolute Gasteiger partial charge is 0.117 e. The summed E-state index contributed by atoms with van der Waals surface area (Å²) in [6.07, 6.45) is 1.73. The van der Waals surface area contributed by atoms with Gasteiger partial charge in [0.1, 0.15) is 11.6 Å². The maximum Gasteiger partial charge on any atom is 0.117 e. The van der Waals surface area contributed by atoms with E-state index in [9.17, 15) is 0 Å². The van der Waals surface area contributed by atoms with Crippen LogP contribution in [-0.2, 0) is 0 Å². The summed E-state index contributed by atoms with van der Waals surface area (Å²) in [6.45, 7) is 4.00. The van der Waals surface area contributed by atoms with Crippen LogP contribution >= 0.6 is 0 Å². The number of hydrogen-bond acceptors (Lipinski definition) is 2. The van der Waals surface area contributed by atoms with Crippen molar-refractivity contribution in [3.05, 3.63) is 67.1 Å². The van der Waals surface area contributed by atoms with Crippen LogP contribution in [0.1, 0.15) is 30.4 Å². The zero-order chi connectivity index (χ0) is 14.9. The summed E-state index contributed by atoms with van der Waals surface area (Å²) >= 11 is 0. The molecule has 2 aromatic heterocycles. The third-order valence-electron chi connectivity index (χ3n) is 3.97. The van der Waals surface area contributed by atoms with E-state index in [1.165, 1.54) is 0 Å². The van der Waals surface area contributed by atoms with Crippen molar-refractivity contribution >= 4 is 22.1 Å². The Morgan fingerprint density at radius 1 is 0.818 bits per heavy atom. The molecule has 0 spiro atoms. The summed E-state index contributed by atoms with van der Waals surface area (Å²) in [4.78, 5) is 16.3. The van der Waals surface area contributed by atoms with Gasteiger partial charge in [-0.05, 0) is 30.7 Å². The molecule has 4 nitrogen and oxygen atoms in total. The highest BCUT2D eigenvalue weighted by Gasteiger charge is 2.20. The zero-order valence-corrected chi connectivity index (χ0v) is 12.2. The Kier molecular flexibility index (Phi) is 3.15. The number of para-hydroxylation sites is 4. The van der Waals surface area contributed by atoms with Gasteiger partial charge in [-0.1, -0.05) is 37.6 Å². The van der Waals surface area contributed by atoms with Crippen molar-refractivity contribution in [2.24, 2.45) is 0 Å². The Hall–Kier alpha value is -2.62. The van der Waals surface area contributed by atoms with E-state index in [1.54, 1.807) is 0 Å². The van der Waals surface area contributed by atoms with Gasteiger partial charge in [0.05, 0.1) is 28.0 Å². The molecule has 0 aliphatic rings. The molecule has 0 amide bonds. The molecule has 0 aliphatic carbocycles. The molecule has 4 heteroatoms. The van der Waals surface area contributed by atoms with Gasteiger partial charge >= 0.3 is 0 Å². The fraction of sp³-hybridized carbons (Fsp3) is 0.167. The number of H-pyrrole nitrogens is 2. The van der Waals surface area contributed by atoms with E-state index >= 15 is 0 Å². The first-order valence-corrected chi connectivity index (χ1v) is 7.53. The third kappa shape index (κ3) is 2.17. The largest absolute Gasteiger partial charge is 0.341 e. The van der Waals surface area contributed by atoms with Crippen LogP contribution in [0.4, 0.5) is 0 Å². The molecule has 4 rings (SSSR count). The van der Waals surface area contributed by atoms with Gasteiger partial charge in [0.15, 0.2) is 0 Å². The zero-order valence-electron chi connectivity index (χ0n) is 12.2. The predicted octanol–water partition coefficient (Wildman–Crippen LogP) is 4.19. The average molecular weight is 289 g/mol. The van der Waals surface area contributed by atoms with E-state index < -0.39 is 0 Å². The van der Waals surface area contributed by atoms with Crippen molar-refractivity contribution in [3.8, 4) is 0 Å². The summed E-state index contributed by atoms with van der Waals surface area (Å²) in [5.74, 6) is 2.00. The van der Waals surface area contributed by atoms with Crippen LogP contribution in [0.2, 0.25) is 0 Å². The summed E-state index contributed by atoms with van der Waals surface area (Å²) in [7, 11) is 0. The molecule has 0 aliphatic heterocycles. The Balaban J connectivity index is 1.82. The summed E-state index contributed by atoms with van der Waals surface area (Å²) in [5, 5.41) is 0. The molecule has 2 N–H and O–H groups in total. The molecular weight excluding hydrogens is 272 g/mol. The minimum atomic E-state index is 0.109. The Labute approximate surface area is 128 Å². The molecular formula is C18H17N4. The first-order chi connectivity index (χ1) is 10.8. The van der Waals surface area contributed by atoms with E-state index in [0.717, 1.165) is 46.6 Å². The highest BCUT2D eigenvalue weighted by Crippen LogP contribution is 2.28. The van der Waals surface area contributed by atoms with Gasteiger partial charge in [0.25, 0.3) is 0 Å². The molecule has 0 unspecified atom stereocenters. The standard InChI is InChI=1S/C18H17N4/c1-2-7-12(17-19-13-8-3-4-9-14(13)20-17)18-21-15-10-5-6-11-16(15)22-18/h3-6,8-12H,1-2,7H2,(H,19,20)(H,21,22). The molecule has 2 aromatic carbocycles. The number of rotatable bonds is 4. The number of nitrogens with one attached hydrogen (secondary N) is 2. The molecule has 0 saturated carbocycles. The molecule has 0 saturated heterocycles. The monoisotopic (exact) mass is 289 g/mol. The predicted molar refractivity (Wildman–Crippen MR) is 88.6 cm³/mol. The van der Waals surface area contributed by atoms with Crippen LogP contribution < -0.4 is 0 Å². The van der Waals surface area contributed by atoms with Gasteiger partial charge in [-0.2, -0.15) is 0 Å². The second-order valence-electron chi connectivity index (χ2n) is 5.47. The van der Waals surface area contributed by atoms with Gasteiger partial charge in [-0.25, -0.2) is 9.97 Å². The van der Waals surface area contributed by atoms with Crippen molar-refractivity contribution in [1.29, 1.82) is 0 Å². The quantitative estimate of drug-likeness (QED) is 0.592. The third-order valence-corrected chi connectivity index (χ3v) is 3.97. The Bertz CT molecular complexity index is 779. The van der Waals surface area contributed by atoms with Crippen molar-refractivity contribution in [2.75, 3.05) is 0 Å². The van der Waals surface area contributed by atoms with Gasteiger partial charge < -0.3 is 9.97 Å². The average Bonchev–Trinajstić information content (AvgIpc) is 3.15. The lowest BCUT2D eigenvalue weighted by Crippen LogP contribution is -2.05. The van der Waals surface area contributed by atoms with Gasteiger partial charge in [0, 0.05) is 0 Å². The Morgan fingerprint density at radius 3 is 1.77 bits per heavy atom. The molecule has 1 radical (unpaired) electrons. The number of aromatic nitrogens is 4. The summed E-state index contributed by atoms with van der Waals surface area (Å²) < 4.78 is 0. The maximum absolute atomic E-state index is 4.73. The van der Waals surface area contributed by atoms with Gasteiger partial charge in [0.2, 0.25) is 0 Å². The molecule has 4 aromatic rings. The molecule has 22 heavy (non-hydrogen) atoms. The second-order valence-corrected chi connectivity index (χ2v) is 5.47. The van der Waals surface area contributed by atoms with E-state index in [2.05, 4.69) is 16.9 Å². The molecule has 109 valence electrons. The highest BCUT2D eigenvalue weighted by molar-refractivity contribution is 5.76. The molecule has 0 atom stereocenters. The van der Waals surface area contributed by atoms with Crippen LogP contribution in [0.25, 0.3) is 22.1 Å². The number of aromatic amines is 2. The van der Waals surface area contributed by atoms with Crippen molar-refractivity contribution < 1.29 is 0 Å². The number of imidazole rings is 2. The van der Waals surface area contributed by atoms with Crippen molar-refractivity contribution in [1.82, 2.24) is 19.9 Å². The molecule has 0 fully saturated rings. The van der Waals surface area contributed by atoms with Gasteiger partial charge in [-0.3, -0.25) is 0 Å². The summed E-state index contributed by atoms with van der Waals surface area (Å²) in [5.41, 5.74) is 4.09. The van der Waals surface area contributed by atoms with Crippen LogP contribution in [-0.4, -0.2) is 19.9 Å². The minimum absolute atomic E-state index is 0.109. The Morgan fingerprint density at radius 2 is 1.32 bits per heavy atom. The van der Waals surface area contributed by atoms with Crippen molar-refractivity contribution in [2.45, 2.75) is 18.8 Å². The SMILES string of the molecule is [CH2]CCC(c1nc2ccccc2[nH]1)c1nc2ccccc2[nH]1. The lowest BCUT2D eigenvalue weighted by Gasteiger charge is -2.10. The van der Waals surface area contributed by atoms with E-state index in [0.29, 0.717) is 0 Å². The number of fused-ring (bicyclic) bond motifs is 2. The van der Waals surface area contributed by atoms with Crippen LogP contribution in [0.5, 0.6) is 0 Å². The fourth-order valence-corrected chi connectivity index (χ4v) is 2.88. The number of hydrogen-bond donors (Lipinski definition) is 2. The normalized spacial score (nSPS) is 11.7. The second kappa shape index (κ2) is 5.30. The van der Waals surface area contributed by atoms with Crippen molar-refractivity contribution in [3.63, 3.8) is 0 Å². The van der Waals surface area contributed by atoms with E-state index in [4.69, 9.17) is 9.97 Å². The first kappa shape index (κ1) is 13.1. The van der Waals surface area contributed by atoms with Crippen LogP contribution in [0.3, 0.4) is 0 Å². The lowest BCUT2D eigenvalue weighted by atomic mass is 10.0. The topological polar surface area (TPSA) is 57.4 Å². The van der Waals surface area contributed by atoms with E-state index in [-0.39, 0.29) is 5.92 Å². The maximum atomic E-state index is 4.73. The minimum Gasteiger partial charge on any atom is -0.341 e. The van der Waals surface area contributed by atoms with E-state index in [1.807, 2.05) is 48.5 Å². The molecule has 0 bridgehead atoms. The lowest BCUT2D eigenvalue weighted by molar-refractivity contribution is 0.660. The highest BCUT2D eigenvalue weighted by atomic mass is 15.0.